The summed E-state index contributed by atoms with van der Waals surface area (Å²) in [6, 6.07) is 14.1. The Kier molecular flexibility index (Phi) is 5.42. The molecule has 146 valence electrons. The number of β-lactam (4-membered cyclic amide) rings is 1. The predicted octanol–water partition coefficient (Wildman–Crippen LogP) is 3.27. The van der Waals surface area contributed by atoms with Crippen molar-refractivity contribution in [3.05, 3.63) is 66.0 Å². The van der Waals surface area contributed by atoms with Crippen molar-refractivity contribution in [2.24, 2.45) is 5.41 Å². The Morgan fingerprint density at radius 2 is 1.79 bits per heavy atom. The second-order valence-corrected chi connectivity index (χ2v) is 7.92. The monoisotopic (exact) mass is 377 g/mol. The van der Waals surface area contributed by atoms with Gasteiger partial charge in [0.05, 0.1) is 11.5 Å². The van der Waals surface area contributed by atoms with E-state index in [0.717, 1.165) is 43.2 Å². The first kappa shape index (κ1) is 18.7. The van der Waals surface area contributed by atoms with Crippen LogP contribution in [0.4, 0.5) is 0 Å². The zero-order chi connectivity index (χ0) is 19.4. The maximum atomic E-state index is 13.1. The van der Waals surface area contributed by atoms with Crippen LogP contribution in [0, 0.1) is 5.41 Å². The van der Waals surface area contributed by atoms with E-state index in [4.69, 9.17) is 0 Å². The number of aromatic nitrogens is 1. The van der Waals surface area contributed by atoms with Gasteiger partial charge in [0.2, 0.25) is 11.8 Å². The summed E-state index contributed by atoms with van der Waals surface area (Å²) in [6.45, 7) is 0.697. The molecule has 1 saturated carbocycles. The Morgan fingerprint density at radius 1 is 1.07 bits per heavy atom. The van der Waals surface area contributed by atoms with E-state index < -0.39 is 0 Å². The number of nitrogens with zero attached hydrogens (tertiary/aromatic N) is 2. The maximum absolute atomic E-state index is 13.1. The summed E-state index contributed by atoms with van der Waals surface area (Å²) in [5.41, 5.74) is 1.99. The Labute approximate surface area is 166 Å². The lowest BCUT2D eigenvalue weighted by Gasteiger charge is -2.58. The number of carbonyl (C=O) groups excluding carboxylic acids is 2. The molecule has 5 nitrogen and oxygen atoms in total. The molecule has 1 aromatic heterocycles. The number of nitrogens with one attached hydrogen (secondary N) is 1. The van der Waals surface area contributed by atoms with Gasteiger partial charge in [-0.2, -0.15) is 0 Å². The minimum Gasteiger partial charge on any atom is -0.354 e. The van der Waals surface area contributed by atoms with Crippen LogP contribution in [0.25, 0.3) is 0 Å². The topological polar surface area (TPSA) is 62.3 Å². The zero-order valence-electron chi connectivity index (χ0n) is 16.1. The van der Waals surface area contributed by atoms with Crippen molar-refractivity contribution < 1.29 is 9.59 Å². The lowest BCUT2D eigenvalue weighted by atomic mass is 9.60. The number of hydrogen-bond acceptors (Lipinski definition) is 3. The lowest BCUT2D eigenvalue weighted by Crippen LogP contribution is -2.65. The van der Waals surface area contributed by atoms with Gasteiger partial charge in [-0.3, -0.25) is 14.6 Å². The molecule has 1 atom stereocenters. The van der Waals surface area contributed by atoms with Gasteiger partial charge in [-0.25, -0.2) is 0 Å². The average molecular weight is 377 g/mol. The summed E-state index contributed by atoms with van der Waals surface area (Å²) in [7, 11) is 0. The van der Waals surface area contributed by atoms with Gasteiger partial charge in [0, 0.05) is 18.9 Å². The maximum Gasteiger partial charge on any atom is 0.239 e. The van der Waals surface area contributed by atoms with Gasteiger partial charge in [0.25, 0.3) is 0 Å². The van der Waals surface area contributed by atoms with Gasteiger partial charge in [0.15, 0.2) is 0 Å². The normalized spacial score (nSPS) is 20.6. The smallest absolute Gasteiger partial charge is 0.239 e. The van der Waals surface area contributed by atoms with Crippen LogP contribution in [0.2, 0.25) is 0 Å². The summed E-state index contributed by atoms with van der Waals surface area (Å²) in [6.07, 6.45) is 9.54. The number of carbonyl (C=O) groups is 2. The highest BCUT2D eigenvalue weighted by Crippen LogP contribution is 2.57. The fourth-order valence-electron chi connectivity index (χ4n) is 4.83. The van der Waals surface area contributed by atoms with E-state index in [1.54, 1.807) is 17.3 Å². The molecule has 1 N–H and O–H groups in total. The van der Waals surface area contributed by atoms with E-state index in [0.29, 0.717) is 6.54 Å². The first-order valence-electron chi connectivity index (χ1n) is 10.2. The highest BCUT2D eigenvalue weighted by atomic mass is 16.2. The van der Waals surface area contributed by atoms with Crippen LogP contribution in [-0.2, 0) is 16.0 Å². The number of benzene rings is 1. The van der Waals surface area contributed by atoms with Crippen LogP contribution < -0.4 is 5.32 Å². The first-order valence-corrected chi connectivity index (χ1v) is 10.2. The molecule has 1 aliphatic carbocycles. The van der Waals surface area contributed by atoms with Gasteiger partial charge in [-0.05, 0) is 42.5 Å². The molecule has 1 aliphatic heterocycles. The lowest BCUT2D eigenvalue weighted by molar-refractivity contribution is -0.179. The summed E-state index contributed by atoms with van der Waals surface area (Å²) in [5.74, 6) is 0.0688. The van der Waals surface area contributed by atoms with Crippen LogP contribution in [0.5, 0.6) is 0 Å². The van der Waals surface area contributed by atoms with Crippen LogP contribution in [-0.4, -0.2) is 34.8 Å². The van der Waals surface area contributed by atoms with Crippen molar-refractivity contribution in [2.45, 2.75) is 44.6 Å². The zero-order valence-corrected chi connectivity index (χ0v) is 16.1. The molecule has 0 radical (unpaired) electrons. The van der Waals surface area contributed by atoms with Gasteiger partial charge < -0.3 is 10.2 Å². The highest BCUT2D eigenvalue weighted by Gasteiger charge is 2.60. The van der Waals surface area contributed by atoms with E-state index in [1.807, 2.05) is 30.3 Å². The third-order valence-corrected chi connectivity index (χ3v) is 6.18. The van der Waals surface area contributed by atoms with Crippen LogP contribution in [0.15, 0.2) is 54.9 Å². The molecule has 1 aromatic carbocycles. The van der Waals surface area contributed by atoms with Gasteiger partial charge in [0.1, 0.15) is 6.54 Å². The Morgan fingerprint density at radius 3 is 2.50 bits per heavy atom. The molecule has 2 fully saturated rings. The Hall–Kier alpha value is -2.69. The molecular weight excluding hydrogens is 350 g/mol. The molecule has 1 spiro atoms. The van der Waals surface area contributed by atoms with Crippen molar-refractivity contribution in [3.63, 3.8) is 0 Å². The third-order valence-electron chi connectivity index (χ3n) is 6.18. The largest absolute Gasteiger partial charge is 0.354 e. The van der Waals surface area contributed by atoms with Crippen LogP contribution in [0.3, 0.4) is 0 Å². The predicted molar refractivity (Wildman–Crippen MR) is 107 cm³/mol. The third kappa shape index (κ3) is 3.53. The number of amides is 2. The molecule has 5 heteroatoms. The Bertz CT molecular complexity index is 816. The molecule has 1 saturated heterocycles. The number of rotatable bonds is 6. The highest BCUT2D eigenvalue weighted by molar-refractivity contribution is 5.94. The minimum absolute atomic E-state index is 0.0208. The average Bonchev–Trinajstić information content (AvgIpc) is 2.75. The van der Waals surface area contributed by atoms with Crippen molar-refractivity contribution >= 4 is 11.8 Å². The summed E-state index contributed by atoms with van der Waals surface area (Å²) in [4.78, 5) is 31.4. The second kappa shape index (κ2) is 8.13. The van der Waals surface area contributed by atoms with E-state index in [1.165, 1.54) is 6.42 Å². The molecule has 4 rings (SSSR count). The van der Waals surface area contributed by atoms with E-state index >= 15 is 0 Å². The van der Waals surface area contributed by atoms with Gasteiger partial charge >= 0.3 is 0 Å². The summed E-state index contributed by atoms with van der Waals surface area (Å²) in [5, 5.41) is 2.96. The molecule has 1 unspecified atom stereocenters. The molecular formula is C23H27N3O2. The summed E-state index contributed by atoms with van der Waals surface area (Å²) >= 11 is 0. The Balaban J connectivity index is 1.41. The van der Waals surface area contributed by atoms with Crippen LogP contribution in [0.1, 0.15) is 49.3 Å². The summed E-state index contributed by atoms with van der Waals surface area (Å²) < 4.78 is 0. The second-order valence-electron chi connectivity index (χ2n) is 7.92. The van der Waals surface area contributed by atoms with Crippen molar-refractivity contribution in [3.8, 4) is 0 Å². The number of pyridine rings is 1. The number of hydrogen-bond donors (Lipinski definition) is 1. The van der Waals surface area contributed by atoms with E-state index in [9.17, 15) is 9.59 Å². The van der Waals surface area contributed by atoms with Gasteiger partial charge in [-0.1, -0.05) is 49.6 Å². The standard InChI is InChI=1S/C23H27N3O2/c27-20(25-16-11-18-9-14-24-15-10-18)17-26-21(19-7-3-1-4-8-19)23(22(26)28)12-5-2-6-13-23/h1,3-4,7-10,14-15,21H,2,5-6,11-13,16-17H2,(H,25,27). The molecule has 2 aliphatic rings. The van der Waals surface area contributed by atoms with Crippen molar-refractivity contribution in [2.75, 3.05) is 13.1 Å². The number of likely N-dealkylation sites (tertiary alicyclic amines) is 1. The SMILES string of the molecule is O=C(CN1C(=O)C2(CCCCC2)C1c1ccccc1)NCCc1ccncc1. The van der Waals surface area contributed by atoms with Crippen molar-refractivity contribution in [1.29, 1.82) is 0 Å². The van der Waals surface area contributed by atoms with Crippen molar-refractivity contribution in [1.82, 2.24) is 15.2 Å². The quantitative estimate of drug-likeness (QED) is 0.786. The van der Waals surface area contributed by atoms with E-state index in [-0.39, 0.29) is 29.8 Å². The molecule has 2 aromatic rings. The fraction of sp³-hybridized carbons (Fsp3) is 0.435. The van der Waals surface area contributed by atoms with E-state index in [2.05, 4.69) is 22.4 Å². The molecule has 2 heterocycles. The molecule has 28 heavy (non-hydrogen) atoms. The molecule has 0 bridgehead atoms. The molecule has 2 amide bonds. The minimum atomic E-state index is -0.295. The first-order chi connectivity index (χ1) is 13.7. The van der Waals surface area contributed by atoms with Crippen LogP contribution >= 0.6 is 0 Å². The fourth-order valence-corrected chi connectivity index (χ4v) is 4.83. The van der Waals surface area contributed by atoms with Gasteiger partial charge in [-0.15, -0.1) is 0 Å².